The van der Waals surface area contributed by atoms with Gasteiger partial charge in [0.2, 0.25) is 0 Å². The molecule has 0 aliphatic carbocycles. The number of amides is 1. The van der Waals surface area contributed by atoms with Gasteiger partial charge in [-0.3, -0.25) is 4.79 Å². The normalized spacial score (nSPS) is 16.1. The van der Waals surface area contributed by atoms with Gasteiger partial charge in [0.15, 0.2) is 6.54 Å². The predicted molar refractivity (Wildman–Crippen MR) is 106 cm³/mol. The molecular formula is C19H26BrN3OS+2. The molecule has 1 amide bonds. The van der Waals surface area contributed by atoms with Gasteiger partial charge in [-0.1, -0.05) is 12.1 Å². The van der Waals surface area contributed by atoms with Crippen molar-refractivity contribution in [1.29, 1.82) is 0 Å². The molecule has 3 N–H and O–H groups in total. The van der Waals surface area contributed by atoms with E-state index in [0.717, 1.165) is 22.6 Å². The minimum Gasteiger partial charge on any atom is -0.331 e. The Labute approximate surface area is 162 Å². The topological polar surface area (TPSA) is 38.0 Å². The Balaban J connectivity index is 1.45. The number of rotatable bonds is 7. The Morgan fingerprint density at radius 2 is 1.92 bits per heavy atom. The lowest BCUT2D eigenvalue weighted by molar-refractivity contribution is -0.901. The number of likely N-dealkylation sites (N-methyl/N-ethyl adjacent to an activating group) is 1. The van der Waals surface area contributed by atoms with Crippen molar-refractivity contribution < 1.29 is 14.6 Å². The second-order valence-electron chi connectivity index (χ2n) is 6.90. The standard InChI is InChI=1S/C19H24BrN3OS/c1-22(13-17-8-9-18(20)25-17)14-19(24)21-16-6-4-15(5-7-16)12-23-10-2-3-11-23/h4-9H,2-3,10-14H2,1H3,(H,21,24)/p+2. The van der Waals surface area contributed by atoms with Crippen LogP contribution in [0.4, 0.5) is 5.69 Å². The lowest BCUT2D eigenvalue weighted by Crippen LogP contribution is -3.08. The van der Waals surface area contributed by atoms with E-state index in [-0.39, 0.29) is 5.91 Å². The minimum absolute atomic E-state index is 0.0611. The summed E-state index contributed by atoms with van der Waals surface area (Å²) in [6, 6.07) is 12.5. The van der Waals surface area contributed by atoms with Gasteiger partial charge in [0, 0.05) is 24.1 Å². The summed E-state index contributed by atoms with van der Waals surface area (Å²) in [6.07, 6.45) is 2.70. The van der Waals surface area contributed by atoms with Crippen LogP contribution in [0, 0.1) is 0 Å². The second kappa shape index (κ2) is 8.94. The molecule has 2 heterocycles. The van der Waals surface area contributed by atoms with Gasteiger partial charge in [0.05, 0.1) is 28.8 Å². The van der Waals surface area contributed by atoms with Gasteiger partial charge in [-0.2, -0.15) is 0 Å². The zero-order valence-electron chi connectivity index (χ0n) is 14.6. The van der Waals surface area contributed by atoms with E-state index in [1.807, 2.05) is 12.1 Å². The Bertz CT molecular complexity index is 695. The summed E-state index contributed by atoms with van der Waals surface area (Å²) >= 11 is 5.20. The molecule has 0 spiro atoms. The van der Waals surface area contributed by atoms with E-state index in [1.165, 1.54) is 41.3 Å². The molecule has 1 saturated heterocycles. The lowest BCUT2D eigenvalue weighted by atomic mass is 10.2. The van der Waals surface area contributed by atoms with Crippen molar-refractivity contribution in [3.05, 3.63) is 50.6 Å². The number of carbonyl (C=O) groups excluding carboxylic acids is 1. The highest BCUT2D eigenvalue weighted by atomic mass is 79.9. The quantitative estimate of drug-likeness (QED) is 0.617. The Morgan fingerprint density at radius 1 is 1.20 bits per heavy atom. The average molecular weight is 424 g/mol. The molecule has 1 aromatic carbocycles. The number of hydrogen-bond donors (Lipinski definition) is 3. The zero-order chi connectivity index (χ0) is 17.6. The summed E-state index contributed by atoms with van der Waals surface area (Å²) in [5, 5.41) is 3.01. The predicted octanol–water partition coefficient (Wildman–Crippen LogP) is 1.34. The molecule has 3 rings (SSSR count). The van der Waals surface area contributed by atoms with Crippen molar-refractivity contribution in [2.24, 2.45) is 0 Å². The smallest absolute Gasteiger partial charge is 0.279 e. The Morgan fingerprint density at radius 3 is 2.56 bits per heavy atom. The van der Waals surface area contributed by atoms with Crippen LogP contribution in [-0.2, 0) is 17.9 Å². The SMILES string of the molecule is C[NH+](CC(=O)Nc1ccc(C[NH+]2CCCC2)cc1)Cc1ccc(Br)s1. The second-order valence-corrected chi connectivity index (χ2v) is 9.44. The van der Waals surface area contributed by atoms with Crippen LogP contribution in [0.25, 0.3) is 0 Å². The number of nitrogens with one attached hydrogen (secondary N) is 3. The third-order valence-electron chi connectivity index (χ3n) is 4.57. The molecule has 1 fully saturated rings. The van der Waals surface area contributed by atoms with Crippen LogP contribution in [0.3, 0.4) is 0 Å². The maximum absolute atomic E-state index is 12.2. The first kappa shape index (κ1) is 18.6. The summed E-state index contributed by atoms with van der Waals surface area (Å²) in [5.74, 6) is 0.0611. The van der Waals surface area contributed by atoms with Crippen LogP contribution < -0.4 is 15.1 Å². The number of thiophene rings is 1. The summed E-state index contributed by atoms with van der Waals surface area (Å²) in [5.41, 5.74) is 2.23. The van der Waals surface area contributed by atoms with E-state index < -0.39 is 0 Å². The Hall–Kier alpha value is -1.21. The van der Waals surface area contributed by atoms with Crippen LogP contribution in [-0.4, -0.2) is 32.6 Å². The van der Waals surface area contributed by atoms with Gasteiger partial charge in [-0.25, -0.2) is 0 Å². The van der Waals surface area contributed by atoms with Gasteiger partial charge >= 0.3 is 0 Å². The fourth-order valence-corrected chi connectivity index (χ4v) is 4.93. The van der Waals surface area contributed by atoms with E-state index in [1.54, 1.807) is 16.2 Å². The molecule has 6 heteroatoms. The molecule has 4 nitrogen and oxygen atoms in total. The van der Waals surface area contributed by atoms with Crippen molar-refractivity contribution >= 4 is 38.9 Å². The largest absolute Gasteiger partial charge is 0.331 e. The van der Waals surface area contributed by atoms with Crippen molar-refractivity contribution in [1.82, 2.24) is 0 Å². The maximum Gasteiger partial charge on any atom is 0.279 e. The lowest BCUT2D eigenvalue weighted by Gasteiger charge is -2.14. The van der Waals surface area contributed by atoms with Crippen LogP contribution in [0.5, 0.6) is 0 Å². The summed E-state index contributed by atoms with van der Waals surface area (Å²) in [7, 11) is 2.05. The molecule has 1 aliphatic rings. The summed E-state index contributed by atoms with van der Waals surface area (Å²) < 4.78 is 1.13. The van der Waals surface area contributed by atoms with Gasteiger partial charge in [-0.05, 0) is 40.2 Å². The molecule has 2 aromatic rings. The van der Waals surface area contributed by atoms with Crippen LogP contribution >= 0.6 is 27.3 Å². The first-order chi connectivity index (χ1) is 12.1. The first-order valence-electron chi connectivity index (χ1n) is 8.86. The highest BCUT2D eigenvalue weighted by molar-refractivity contribution is 9.11. The third kappa shape index (κ3) is 5.92. The van der Waals surface area contributed by atoms with Gasteiger partial charge < -0.3 is 15.1 Å². The Kier molecular flexibility index (Phi) is 6.64. The number of quaternary nitrogens is 2. The molecule has 0 saturated carbocycles. The molecule has 25 heavy (non-hydrogen) atoms. The van der Waals surface area contributed by atoms with E-state index >= 15 is 0 Å². The molecule has 1 aliphatic heterocycles. The fraction of sp³-hybridized carbons (Fsp3) is 0.421. The van der Waals surface area contributed by atoms with E-state index in [2.05, 4.69) is 52.6 Å². The molecule has 1 atom stereocenters. The summed E-state index contributed by atoms with van der Waals surface area (Å²) in [6.45, 7) is 5.00. The average Bonchev–Trinajstić information content (AvgIpc) is 3.21. The number of benzene rings is 1. The molecular weight excluding hydrogens is 398 g/mol. The first-order valence-corrected chi connectivity index (χ1v) is 10.5. The zero-order valence-corrected chi connectivity index (χ0v) is 17.0. The number of hydrogen-bond acceptors (Lipinski definition) is 2. The maximum atomic E-state index is 12.2. The molecule has 1 unspecified atom stereocenters. The number of carbonyl (C=O) groups is 1. The van der Waals surface area contributed by atoms with Gasteiger partial charge in [0.25, 0.3) is 5.91 Å². The van der Waals surface area contributed by atoms with Crippen LogP contribution in [0.1, 0.15) is 23.3 Å². The minimum atomic E-state index is 0.0611. The number of halogens is 1. The van der Waals surface area contributed by atoms with Crippen molar-refractivity contribution in [2.45, 2.75) is 25.9 Å². The van der Waals surface area contributed by atoms with E-state index in [4.69, 9.17) is 0 Å². The van der Waals surface area contributed by atoms with Crippen molar-refractivity contribution in [2.75, 3.05) is 32.0 Å². The van der Waals surface area contributed by atoms with Crippen LogP contribution in [0.15, 0.2) is 40.2 Å². The van der Waals surface area contributed by atoms with Gasteiger partial charge in [0.1, 0.15) is 13.1 Å². The highest BCUT2D eigenvalue weighted by Gasteiger charge is 2.16. The summed E-state index contributed by atoms with van der Waals surface area (Å²) in [4.78, 5) is 16.4. The van der Waals surface area contributed by atoms with Crippen molar-refractivity contribution in [3.8, 4) is 0 Å². The van der Waals surface area contributed by atoms with Crippen molar-refractivity contribution in [3.63, 3.8) is 0 Å². The fourth-order valence-electron chi connectivity index (χ4n) is 3.33. The monoisotopic (exact) mass is 423 g/mol. The molecule has 0 radical (unpaired) electrons. The van der Waals surface area contributed by atoms with Crippen LogP contribution in [0.2, 0.25) is 0 Å². The van der Waals surface area contributed by atoms with Gasteiger partial charge in [-0.15, -0.1) is 11.3 Å². The molecule has 1 aromatic heterocycles. The highest BCUT2D eigenvalue weighted by Crippen LogP contribution is 2.21. The van der Waals surface area contributed by atoms with E-state index in [9.17, 15) is 4.79 Å². The third-order valence-corrected chi connectivity index (χ3v) is 6.19. The molecule has 134 valence electrons. The number of likely N-dealkylation sites (tertiary alicyclic amines) is 1. The number of anilines is 1. The molecule has 0 bridgehead atoms. The van der Waals surface area contributed by atoms with E-state index in [0.29, 0.717) is 6.54 Å².